The average molecular weight is 373 g/mol. The Labute approximate surface area is 163 Å². The number of esters is 1. The summed E-state index contributed by atoms with van der Waals surface area (Å²) in [5.41, 5.74) is 0.965. The molecular formula is C23H36N2O2. The minimum atomic E-state index is -0.154. The number of hydrogen-bond donors (Lipinski definition) is 1. The highest BCUT2D eigenvalue weighted by Crippen LogP contribution is 2.91. The van der Waals surface area contributed by atoms with Crippen LogP contribution in [0.5, 0.6) is 0 Å². The number of fused-ring (bicyclic) bond motifs is 2. The van der Waals surface area contributed by atoms with E-state index in [4.69, 9.17) is 4.74 Å². The fourth-order valence-corrected chi connectivity index (χ4v) is 9.95. The fraction of sp³-hybridized carbons (Fsp3) is 0.957. The van der Waals surface area contributed by atoms with Crippen molar-refractivity contribution in [3.05, 3.63) is 0 Å². The summed E-state index contributed by atoms with van der Waals surface area (Å²) in [4.78, 5) is 16.2. The Morgan fingerprint density at radius 1 is 1.19 bits per heavy atom. The first-order valence-electron chi connectivity index (χ1n) is 11.5. The lowest BCUT2D eigenvalue weighted by Crippen LogP contribution is -2.66. The summed E-state index contributed by atoms with van der Waals surface area (Å²) in [7, 11) is 2.34. The molecule has 0 amide bonds. The first kappa shape index (κ1) is 17.3. The Balaban J connectivity index is 1.34. The summed E-state index contributed by atoms with van der Waals surface area (Å²) in [6.07, 6.45) is 10.2. The molecule has 6 aliphatic rings. The van der Waals surface area contributed by atoms with Crippen LogP contribution < -0.4 is 5.32 Å². The Morgan fingerprint density at radius 2 is 1.89 bits per heavy atom. The van der Waals surface area contributed by atoms with Gasteiger partial charge in [0.1, 0.15) is 5.60 Å². The average Bonchev–Trinajstić information content (AvgIpc) is 3.12. The lowest BCUT2D eigenvalue weighted by atomic mass is 9.46. The van der Waals surface area contributed by atoms with Crippen LogP contribution in [0.25, 0.3) is 0 Å². The van der Waals surface area contributed by atoms with Gasteiger partial charge in [0, 0.05) is 16.5 Å². The summed E-state index contributed by atoms with van der Waals surface area (Å²) in [6, 6.07) is 0. The number of carbonyl (C=O) groups is 1. The highest BCUT2D eigenvalue weighted by Gasteiger charge is 3.04. The van der Waals surface area contributed by atoms with Gasteiger partial charge in [0.2, 0.25) is 0 Å². The molecule has 0 aromatic heterocycles. The maximum absolute atomic E-state index is 13.5. The van der Waals surface area contributed by atoms with Crippen LogP contribution in [0, 0.1) is 17.3 Å². The predicted octanol–water partition coefficient (Wildman–Crippen LogP) is 3.64. The highest BCUT2D eigenvalue weighted by molar-refractivity contribution is 5.79. The van der Waals surface area contributed by atoms with E-state index in [2.05, 4.69) is 45.0 Å². The number of hydrogen-bond acceptors (Lipinski definition) is 4. The predicted molar refractivity (Wildman–Crippen MR) is 104 cm³/mol. The molecule has 8 unspecified atom stereocenters. The van der Waals surface area contributed by atoms with Crippen molar-refractivity contribution >= 4 is 5.97 Å². The molecule has 3 spiro atoms. The van der Waals surface area contributed by atoms with Gasteiger partial charge in [-0.2, -0.15) is 0 Å². The van der Waals surface area contributed by atoms with Gasteiger partial charge in [-0.25, -0.2) is 0 Å². The molecule has 4 saturated carbocycles. The maximum atomic E-state index is 13.5. The van der Waals surface area contributed by atoms with Crippen molar-refractivity contribution in [1.82, 2.24) is 10.2 Å². The zero-order chi connectivity index (χ0) is 19.1. The Hall–Kier alpha value is -0.610. The molecule has 6 rings (SSSR count). The van der Waals surface area contributed by atoms with E-state index in [-0.39, 0.29) is 45.1 Å². The molecule has 2 heterocycles. The third-order valence-electron chi connectivity index (χ3n) is 11.1. The molecule has 2 aliphatic heterocycles. The Kier molecular flexibility index (Phi) is 2.83. The van der Waals surface area contributed by atoms with Gasteiger partial charge < -0.3 is 10.1 Å². The number of carbonyl (C=O) groups excluding carboxylic acids is 1. The van der Waals surface area contributed by atoms with Gasteiger partial charge in [0.25, 0.3) is 0 Å². The van der Waals surface area contributed by atoms with Crippen LogP contribution in [-0.2, 0) is 9.53 Å². The number of nitrogens with zero attached hydrogens (tertiary/aromatic N) is 1. The zero-order valence-corrected chi connectivity index (χ0v) is 17.8. The fourth-order valence-electron chi connectivity index (χ4n) is 9.95. The van der Waals surface area contributed by atoms with Gasteiger partial charge in [0.05, 0.1) is 17.0 Å². The van der Waals surface area contributed by atoms with E-state index in [9.17, 15) is 4.79 Å². The molecule has 1 N–H and O–H groups in total. The number of rotatable bonds is 4. The lowest BCUT2D eigenvalue weighted by molar-refractivity contribution is -0.174. The van der Waals surface area contributed by atoms with Gasteiger partial charge >= 0.3 is 5.97 Å². The van der Waals surface area contributed by atoms with Gasteiger partial charge in [-0.15, -0.1) is 0 Å². The van der Waals surface area contributed by atoms with Crippen molar-refractivity contribution in [2.24, 2.45) is 17.3 Å². The van der Waals surface area contributed by atoms with Crippen LogP contribution in [-0.4, -0.2) is 45.7 Å². The van der Waals surface area contributed by atoms with E-state index in [1.807, 2.05) is 0 Å². The van der Waals surface area contributed by atoms with Crippen LogP contribution in [0.3, 0.4) is 0 Å². The molecule has 0 aromatic carbocycles. The van der Waals surface area contributed by atoms with Gasteiger partial charge in [0.15, 0.2) is 0 Å². The number of nitrogens with one attached hydrogen (secondary N) is 1. The molecule has 0 aromatic rings. The second-order valence-electron chi connectivity index (χ2n) is 11.3. The van der Waals surface area contributed by atoms with Gasteiger partial charge in [-0.05, 0) is 84.6 Å². The molecule has 4 heteroatoms. The third-order valence-corrected chi connectivity index (χ3v) is 11.1. The van der Waals surface area contributed by atoms with Crippen LogP contribution in [0.4, 0.5) is 0 Å². The normalized spacial score (nSPS) is 60.7. The summed E-state index contributed by atoms with van der Waals surface area (Å²) in [6.45, 7) is 9.42. The van der Waals surface area contributed by atoms with Crippen molar-refractivity contribution in [3.63, 3.8) is 0 Å². The molecule has 8 atom stereocenters. The van der Waals surface area contributed by atoms with E-state index < -0.39 is 0 Å². The minimum Gasteiger partial charge on any atom is -0.459 e. The second kappa shape index (κ2) is 4.43. The molecule has 4 nitrogen and oxygen atoms in total. The second-order valence-corrected chi connectivity index (χ2v) is 11.3. The van der Waals surface area contributed by atoms with E-state index >= 15 is 0 Å². The van der Waals surface area contributed by atoms with Crippen molar-refractivity contribution in [1.29, 1.82) is 0 Å². The van der Waals surface area contributed by atoms with Crippen LogP contribution >= 0.6 is 0 Å². The molecule has 2 saturated heterocycles. The summed E-state index contributed by atoms with van der Waals surface area (Å²) in [5, 5.41) is 4.00. The van der Waals surface area contributed by atoms with Crippen molar-refractivity contribution in [2.45, 2.75) is 113 Å². The summed E-state index contributed by atoms with van der Waals surface area (Å²) < 4.78 is 6.34. The van der Waals surface area contributed by atoms with E-state index in [0.29, 0.717) is 5.92 Å². The van der Waals surface area contributed by atoms with Crippen molar-refractivity contribution in [3.8, 4) is 0 Å². The SMILES string of the molecule is CCC1(OC(=O)C2CC3CC24CC2(C)NC24C32N(C)C2(C)CC)CCCC1. The van der Waals surface area contributed by atoms with Crippen LogP contribution in [0.2, 0.25) is 0 Å². The topological polar surface area (TPSA) is 51.2 Å². The van der Waals surface area contributed by atoms with Crippen LogP contribution in [0.15, 0.2) is 0 Å². The summed E-state index contributed by atoms with van der Waals surface area (Å²) in [5.74, 6) is 0.908. The maximum Gasteiger partial charge on any atom is 0.310 e. The molecule has 27 heavy (non-hydrogen) atoms. The molecule has 0 radical (unpaired) electrons. The molecule has 2 bridgehead atoms. The quantitative estimate of drug-likeness (QED) is 0.605. The monoisotopic (exact) mass is 372 g/mol. The largest absolute Gasteiger partial charge is 0.459 e. The molecule has 4 aliphatic carbocycles. The highest BCUT2D eigenvalue weighted by atomic mass is 16.6. The van der Waals surface area contributed by atoms with Crippen molar-refractivity contribution in [2.75, 3.05) is 7.05 Å². The van der Waals surface area contributed by atoms with Crippen LogP contribution in [0.1, 0.15) is 85.5 Å². The minimum absolute atomic E-state index is 0.121. The van der Waals surface area contributed by atoms with Gasteiger partial charge in [-0.1, -0.05) is 13.8 Å². The number of likely N-dealkylation sites (N-methyl/N-ethyl adjacent to an activating group) is 1. The van der Waals surface area contributed by atoms with E-state index in [1.165, 1.54) is 32.1 Å². The number of ether oxygens (including phenoxy) is 1. The lowest BCUT2D eigenvalue weighted by Gasteiger charge is -2.54. The summed E-state index contributed by atoms with van der Waals surface area (Å²) >= 11 is 0. The Bertz CT molecular complexity index is 747. The van der Waals surface area contributed by atoms with E-state index in [0.717, 1.165) is 25.7 Å². The molecule has 6 fully saturated rings. The zero-order valence-electron chi connectivity index (χ0n) is 17.8. The first-order chi connectivity index (χ1) is 12.7. The Morgan fingerprint density at radius 3 is 2.41 bits per heavy atom. The standard InChI is InChI=1S/C23H36N2O2/c1-6-19(4)22(25(19)5)15-12-16(17(26)27-20(7-2)10-8-9-11-20)21(13-15)14-18(3)23(21,22)24-18/h15-16,24H,6-14H2,1-5H3. The molecule has 150 valence electrons. The smallest absolute Gasteiger partial charge is 0.310 e. The third kappa shape index (κ3) is 1.38. The first-order valence-corrected chi connectivity index (χ1v) is 11.5. The van der Waals surface area contributed by atoms with E-state index in [1.54, 1.807) is 0 Å². The van der Waals surface area contributed by atoms with Crippen molar-refractivity contribution < 1.29 is 9.53 Å². The van der Waals surface area contributed by atoms with Gasteiger partial charge in [-0.3, -0.25) is 9.69 Å². The molecular weight excluding hydrogens is 336 g/mol.